The number of ether oxygens (including phenoxy) is 1. The molecule has 0 fully saturated rings. The Bertz CT molecular complexity index is 973. The molecule has 0 unspecified atom stereocenters. The second kappa shape index (κ2) is 8.94. The number of hydrogen-bond acceptors (Lipinski definition) is 6. The zero-order valence-electron chi connectivity index (χ0n) is 16.5. The first-order valence-electron chi connectivity index (χ1n) is 9.44. The Morgan fingerprint density at radius 3 is 2.59 bits per heavy atom. The number of Topliss-reactive ketones (excluding diaryl/α,β-unsaturated/α-hetero) is 1. The van der Waals surface area contributed by atoms with Gasteiger partial charge in [0.2, 0.25) is 10.0 Å². The smallest absolute Gasteiger partial charge is 0.229 e. The van der Waals surface area contributed by atoms with Crippen molar-refractivity contribution in [3.05, 3.63) is 59.2 Å². The Kier molecular flexibility index (Phi) is 6.56. The Hall–Kier alpha value is -2.42. The molecule has 0 aliphatic heterocycles. The molecule has 3 N–H and O–H groups in total. The maximum absolute atomic E-state index is 12.7. The Morgan fingerprint density at radius 2 is 1.93 bits per heavy atom. The summed E-state index contributed by atoms with van der Waals surface area (Å²) in [6.07, 6.45) is 1.91. The van der Waals surface area contributed by atoms with Crippen molar-refractivity contribution < 1.29 is 23.1 Å². The zero-order valence-corrected chi connectivity index (χ0v) is 17.3. The highest BCUT2D eigenvalue weighted by atomic mass is 32.2. The molecule has 0 saturated carbocycles. The number of carbonyl (C=O) groups is 1. The lowest BCUT2D eigenvalue weighted by Gasteiger charge is -2.24. The maximum Gasteiger partial charge on any atom is 0.229 e. The molecular weight excluding hydrogens is 392 g/mol. The van der Waals surface area contributed by atoms with Crippen molar-refractivity contribution in [3.8, 4) is 5.75 Å². The van der Waals surface area contributed by atoms with Gasteiger partial charge in [0, 0.05) is 30.3 Å². The Balaban J connectivity index is 1.52. The molecule has 2 atom stereocenters. The van der Waals surface area contributed by atoms with Crippen molar-refractivity contribution in [3.63, 3.8) is 0 Å². The fourth-order valence-electron chi connectivity index (χ4n) is 3.52. The number of methoxy groups -OCH3 is 1. The summed E-state index contributed by atoms with van der Waals surface area (Å²) in [6.45, 7) is 0.799. The van der Waals surface area contributed by atoms with Crippen LogP contribution in [-0.4, -0.2) is 45.8 Å². The van der Waals surface area contributed by atoms with E-state index in [1.807, 2.05) is 12.1 Å². The van der Waals surface area contributed by atoms with Gasteiger partial charge in [-0.25, -0.2) is 8.42 Å². The quantitative estimate of drug-likeness (QED) is 0.607. The van der Waals surface area contributed by atoms with Gasteiger partial charge in [-0.1, -0.05) is 12.1 Å². The standard InChI is InChI=1S/C21H26N2O5S/c1-28-18-9-10-19-15(11-18)3-4-16(21(19)25)12-22-13-20(24)14-5-7-17(8-6-14)23-29(2,26)27/h5-11,16,20,22-24H,3-4,12-13H2,1-2H3/t16-,20+/m0/s1. The molecule has 3 rings (SSSR count). The predicted molar refractivity (Wildman–Crippen MR) is 112 cm³/mol. The van der Waals surface area contributed by atoms with E-state index in [1.54, 1.807) is 37.4 Å². The van der Waals surface area contributed by atoms with E-state index in [9.17, 15) is 18.3 Å². The summed E-state index contributed by atoms with van der Waals surface area (Å²) in [7, 11) is -1.72. The van der Waals surface area contributed by atoms with Crippen molar-refractivity contribution in [2.45, 2.75) is 18.9 Å². The number of ketones is 1. The number of carbonyl (C=O) groups excluding carboxylic acids is 1. The molecular formula is C21H26N2O5S. The Morgan fingerprint density at radius 1 is 1.21 bits per heavy atom. The van der Waals surface area contributed by atoms with Gasteiger partial charge in [-0.05, 0) is 54.3 Å². The SMILES string of the molecule is COc1ccc2c(c1)CC[C@@H](CNC[C@@H](O)c1ccc(NS(C)(=O)=O)cc1)C2=O. The van der Waals surface area contributed by atoms with Crippen LogP contribution >= 0.6 is 0 Å². The minimum atomic E-state index is -3.33. The number of sulfonamides is 1. The number of hydrogen-bond donors (Lipinski definition) is 3. The second-order valence-electron chi connectivity index (χ2n) is 7.29. The van der Waals surface area contributed by atoms with Gasteiger partial charge in [0.15, 0.2) is 5.78 Å². The van der Waals surface area contributed by atoms with Crippen LogP contribution in [0.2, 0.25) is 0 Å². The van der Waals surface area contributed by atoms with Crippen LogP contribution in [0.1, 0.15) is 34.0 Å². The molecule has 0 aromatic heterocycles. The molecule has 156 valence electrons. The number of anilines is 1. The molecule has 2 aromatic carbocycles. The third-order valence-corrected chi connectivity index (χ3v) is 5.64. The molecule has 7 nitrogen and oxygen atoms in total. The van der Waals surface area contributed by atoms with Gasteiger partial charge in [-0.3, -0.25) is 9.52 Å². The number of benzene rings is 2. The van der Waals surface area contributed by atoms with E-state index in [0.717, 1.165) is 36.0 Å². The molecule has 0 amide bonds. The van der Waals surface area contributed by atoms with Gasteiger partial charge in [0.25, 0.3) is 0 Å². The van der Waals surface area contributed by atoms with Gasteiger partial charge >= 0.3 is 0 Å². The van der Waals surface area contributed by atoms with E-state index >= 15 is 0 Å². The van der Waals surface area contributed by atoms with Crippen molar-refractivity contribution >= 4 is 21.5 Å². The monoisotopic (exact) mass is 418 g/mol. The van der Waals surface area contributed by atoms with Crippen molar-refractivity contribution in [2.75, 3.05) is 31.2 Å². The molecule has 8 heteroatoms. The average molecular weight is 419 g/mol. The lowest BCUT2D eigenvalue weighted by Crippen LogP contribution is -2.34. The highest BCUT2D eigenvalue weighted by Crippen LogP contribution is 2.28. The summed E-state index contributed by atoms with van der Waals surface area (Å²) in [5, 5.41) is 13.5. The van der Waals surface area contributed by atoms with Gasteiger partial charge in [0.1, 0.15) is 5.75 Å². The summed E-state index contributed by atoms with van der Waals surface area (Å²) in [5.74, 6) is 0.755. The van der Waals surface area contributed by atoms with Gasteiger partial charge < -0.3 is 15.2 Å². The number of aliphatic hydroxyl groups is 1. The summed E-state index contributed by atoms with van der Waals surface area (Å²) < 4.78 is 30.1. The van der Waals surface area contributed by atoms with Gasteiger partial charge in [0.05, 0.1) is 19.5 Å². The molecule has 1 aliphatic rings. The van der Waals surface area contributed by atoms with Crippen LogP contribution in [0.3, 0.4) is 0 Å². The van der Waals surface area contributed by atoms with E-state index < -0.39 is 16.1 Å². The fraction of sp³-hybridized carbons (Fsp3) is 0.381. The van der Waals surface area contributed by atoms with Crippen LogP contribution < -0.4 is 14.8 Å². The number of fused-ring (bicyclic) bond motifs is 1. The van der Waals surface area contributed by atoms with Crippen LogP contribution in [0.15, 0.2) is 42.5 Å². The molecule has 2 aromatic rings. The fourth-order valence-corrected chi connectivity index (χ4v) is 4.08. The number of aryl methyl sites for hydroxylation is 1. The highest BCUT2D eigenvalue weighted by Gasteiger charge is 2.27. The van der Waals surface area contributed by atoms with E-state index in [1.165, 1.54) is 0 Å². The third kappa shape index (κ3) is 5.56. The number of nitrogens with one attached hydrogen (secondary N) is 2. The predicted octanol–water partition coefficient (Wildman–Crippen LogP) is 2.13. The van der Waals surface area contributed by atoms with E-state index in [4.69, 9.17) is 4.74 Å². The zero-order chi connectivity index (χ0) is 21.0. The molecule has 0 spiro atoms. The molecule has 29 heavy (non-hydrogen) atoms. The molecule has 0 saturated heterocycles. The summed E-state index contributed by atoms with van der Waals surface area (Å²) in [6, 6.07) is 12.1. The average Bonchev–Trinajstić information content (AvgIpc) is 2.68. The van der Waals surface area contributed by atoms with Crippen LogP contribution in [0.25, 0.3) is 0 Å². The molecule has 0 heterocycles. The van der Waals surface area contributed by atoms with Crippen molar-refractivity contribution in [2.24, 2.45) is 5.92 Å². The van der Waals surface area contributed by atoms with E-state index in [0.29, 0.717) is 24.3 Å². The summed E-state index contributed by atoms with van der Waals surface area (Å²) in [5.41, 5.74) is 2.88. The first-order valence-corrected chi connectivity index (χ1v) is 11.3. The lowest BCUT2D eigenvalue weighted by atomic mass is 9.82. The first kappa shape index (κ1) is 21.3. The normalized spacial score (nSPS) is 17.5. The van der Waals surface area contributed by atoms with Crippen molar-refractivity contribution in [1.82, 2.24) is 5.32 Å². The lowest BCUT2D eigenvalue weighted by molar-refractivity contribution is 0.0894. The Labute approximate surface area is 171 Å². The van der Waals surface area contributed by atoms with Gasteiger partial charge in [-0.2, -0.15) is 0 Å². The van der Waals surface area contributed by atoms with Gasteiger partial charge in [-0.15, -0.1) is 0 Å². The second-order valence-corrected chi connectivity index (χ2v) is 9.04. The molecule has 0 radical (unpaired) electrons. The third-order valence-electron chi connectivity index (χ3n) is 5.04. The van der Waals surface area contributed by atoms with E-state index in [-0.39, 0.29) is 11.7 Å². The summed E-state index contributed by atoms with van der Waals surface area (Å²) in [4.78, 5) is 12.7. The van der Waals surface area contributed by atoms with Crippen LogP contribution in [0.4, 0.5) is 5.69 Å². The molecule has 1 aliphatic carbocycles. The number of rotatable bonds is 8. The number of aliphatic hydroxyl groups excluding tert-OH is 1. The first-order chi connectivity index (χ1) is 13.8. The van der Waals surface area contributed by atoms with Crippen LogP contribution in [0.5, 0.6) is 5.75 Å². The minimum Gasteiger partial charge on any atom is -0.497 e. The largest absolute Gasteiger partial charge is 0.497 e. The van der Waals surface area contributed by atoms with Crippen LogP contribution in [0, 0.1) is 5.92 Å². The van der Waals surface area contributed by atoms with E-state index in [2.05, 4.69) is 10.0 Å². The maximum atomic E-state index is 12.7. The molecule has 0 bridgehead atoms. The van der Waals surface area contributed by atoms with Crippen LogP contribution in [-0.2, 0) is 16.4 Å². The van der Waals surface area contributed by atoms with Crippen molar-refractivity contribution in [1.29, 1.82) is 0 Å². The summed E-state index contributed by atoms with van der Waals surface area (Å²) >= 11 is 0. The topological polar surface area (TPSA) is 105 Å². The minimum absolute atomic E-state index is 0.118. The highest BCUT2D eigenvalue weighted by molar-refractivity contribution is 7.92.